The van der Waals surface area contributed by atoms with Crippen LogP contribution in [0.15, 0.2) is 10.8 Å². The van der Waals surface area contributed by atoms with E-state index in [9.17, 15) is 0 Å². The van der Waals surface area contributed by atoms with Gasteiger partial charge in [-0.15, -0.1) is 0 Å². The van der Waals surface area contributed by atoms with E-state index in [2.05, 4.69) is 37.7 Å². The van der Waals surface area contributed by atoms with Gasteiger partial charge in [-0.3, -0.25) is 0 Å². The van der Waals surface area contributed by atoms with Gasteiger partial charge in [0.25, 0.3) is 0 Å². The van der Waals surface area contributed by atoms with Gasteiger partial charge in [0.2, 0.25) is 5.88 Å². The summed E-state index contributed by atoms with van der Waals surface area (Å²) in [6, 6.07) is 0. The summed E-state index contributed by atoms with van der Waals surface area (Å²) in [5, 5.41) is 0. The number of anilines is 1. The number of rotatable bonds is 0. The molecule has 2 rings (SSSR count). The second kappa shape index (κ2) is 2.50. The molecule has 1 aliphatic heterocycles. The maximum Gasteiger partial charge on any atom is 0.219 e. The highest BCUT2D eigenvalue weighted by Crippen LogP contribution is 2.44. The number of oxazole rings is 1. The number of hydrogen-bond donors (Lipinski definition) is 0. The van der Waals surface area contributed by atoms with Crippen LogP contribution in [0, 0.1) is 5.41 Å². The molecule has 72 valence electrons. The summed E-state index contributed by atoms with van der Waals surface area (Å²) in [7, 11) is 2.05. The Bertz CT molecular complexity index is 311. The lowest BCUT2D eigenvalue weighted by Crippen LogP contribution is -2.24. The summed E-state index contributed by atoms with van der Waals surface area (Å²) in [6.45, 7) is 7.76. The van der Waals surface area contributed by atoms with Crippen molar-refractivity contribution in [3.63, 3.8) is 0 Å². The second-order valence-corrected chi connectivity index (χ2v) is 4.84. The molecule has 0 amide bonds. The van der Waals surface area contributed by atoms with Gasteiger partial charge >= 0.3 is 0 Å². The Kier molecular flexibility index (Phi) is 1.65. The van der Waals surface area contributed by atoms with Crippen LogP contribution in [0.5, 0.6) is 0 Å². The zero-order valence-electron chi connectivity index (χ0n) is 8.66. The smallest absolute Gasteiger partial charge is 0.219 e. The first kappa shape index (κ1) is 8.60. The SMILES string of the molecule is CN1CC(C(C)(C)C)c2ncoc21. The van der Waals surface area contributed by atoms with E-state index in [0.717, 1.165) is 18.1 Å². The first-order valence-corrected chi connectivity index (χ1v) is 4.64. The van der Waals surface area contributed by atoms with Crippen LogP contribution >= 0.6 is 0 Å². The molecule has 1 aliphatic rings. The largest absolute Gasteiger partial charge is 0.428 e. The monoisotopic (exact) mass is 180 g/mol. The molecule has 0 spiro atoms. The van der Waals surface area contributed by atoms with Crippen LogP contribution in [-0.4, -0.2) is 18.6 Å². The predicted molar refractivity (Wildman–Crippen MR) is 52.0 cm³/mol. The van der Waals surface area contributed by atoms with Crippen molar-refractivity contribution in [2.75, 3.05) is 18.5 Å². The fourth-order valence-corrected chi connectivity index (χ4v) is 1.90. The van der Waals surface area contributed by atoms with Crippen molar-refractivity contribution >= 4 is 5.88 Å². The Morgan fingerprint density at radius 1 is 1.54 bits per heavy atom. The molecule has 0 aromatic carbocycles. The highest BCUT2D eigenvalue weighted by Gasteiger charge is 2.38. The highest BCUT2D eigenvalue weighted by molar-refractivity contribution is 5.48. The predicted octanol–water partition coefficient (Wildman–Crippen LogP) is 2.25. The lowest BCUT2D eigenvalue weighted by atomic mass is 9.80. The van der Waals surface area contributed by atoms with E-state index in [1.807, 2.05) is 0 Å². The number of fused-ring (bicyclic) bond motifs is 1. The van der Waals surface area contributed by atoms with Crippen molar-refractivity contribution in [2.24, 2.45) is 5.41 Å². The summed E-state index contributed by atoms with van der Waals surface area (Å²) >= 11 is 0. The fourth-order valence-electron chi connectivity index (χ4n) is 1.90. The minimum absolute atomic E-state index is 0.260. The minimum Gasteiger partial charge on any atom is -0.428 e. The van der Waals surface area contributed by atoms with E-state index >= 15 is 0 Å². The third-order valence-electron chi connectivity index (χ3n) is 2.75. The van der Waals surface area contributed by atoms with Crippen LogP contribution in [0.3, 0.4) is 0 Å². The number of nitrogens with zero attached hydrogens (tertiary/aromatic N) is 2. The average molecular weight is 180 g/mol. The number of aromatic nitrogens is 1. The lowest BCUT2D eigenvalue weighted by Gasteiger charge is -2.26. The summed E-state index contributed by atoms with van der Waals surface area (Å²) in [4.78, 5) is 6.42. The van der Waals surface area contributed by atoms with Gasteiger partial charge in [0.1, 0.15) is 5.69 Å². The van der Waals surface area contributed by atoms with Gasteiger partial charge in [0.05, 0.1) is 0 Å². The Balaban J connectivity index is 2.39. The van der Waals surface area contributed by atoms with Crippen LogP contribution in [0.25, 0.3) is 0 Å². The number of hydrogen-bond acceptors (Lipinski definition) is 3. The molecular formula is C10H16N2O. The molecule has 3 heteroatoms. The zero-order valence-corrected chi connectivity index (χ0v) is 8.66. The first-order chi connectivity index (χ1) is 6.00. The summed E-state index contributed by atoms with van der Waals surface area (Å²) in [5.74, 6) is 1.44. The normalized spacial score (nSPS) is 22.2. The minimum atomic E-state index is 0.260. The van der Waals surface area contributed by atoms with Gasteiger partial charge in [-0.25, -0.2) is 4.98 Å². The highest BCUT2D eigenvalue weighted by atomic mass is 16.4. The van der Waals surface area contributed by atoms with E-state index in [4.69, 9.17) is 4.42 Å². The van der Waals surface area contributed by atoms with Crippen molar-refractivity contribution in [3.05, 3.63) is 12.1 Å². The van der Waals surface area contributed by atoms with Crippen molar-refractivity contribution in [1.82, 2.24) is 4.98 Å². The van der Waals surface area contributed by atoms with E-state index < -0.39 is 0 Å². The molecule has 1 unspecified atom stereocenters. The van der Waals surface area contributed by atoms with Crippen molar-refractivity contribution < 1.29 is 4.42 Å². The summed E-state index contributed by atoms with van der Waals surface area (Å²) in [6.07, 6.45) is 1.54. The Morgan fingerprint density at radius 3 is 2.85 bits per heavy atom. The zero-order chi connectivity index (χ0) is 9.64. The van der Waals surface area contributed by atoms with Gasteiger partial charge in [0.15, 0.2) is 6.39 Å². The number of likely N-dealkylation sites (N-methyl/N-ethyl adjacent to an activating group) is 1. The Morgan fingerprint density at radius 2 is 2.23 bits per heavy atom. The molecule has 0 N–H and O–H groups in total. The van der Waals surface area contributed by atoms with Crippen LogP contribution < -0.4 is 4.90 Å². The Hall–Kier alpha value is -0.990. The standard InChI is InChI=1S/C10H16N2O/c1-10(2,3)7-5-12(4)9-8(7)11-6-13-9/h6-7H,5H2,1-4H3. The molecule has 0 saturated carbocycles. The quantitative estimate of drug-likeness (QED) is 0.613. The first-order valence-electron chi connectivity index (χ1n) is 4.64. The van der Waals surface area contributed by atoms with Crippen LogP contribution in [0.2, 0.25) is 0 Å². The van der Waals surface area contributed by atoms with Gasteiger partial charge in [-0.1, -0.05) is 20.8 Å². The second-order valence-electron chi connectivity index (χ2n) is 4.84. The van der Waals surface area contributed by atoms with Gasteiger partial charge in [-0.2, -0.15) is 0 Å². The van der Waals surface area contributed by atoms with E-state index in [0.29, 0.717) is 5.92 Å². The summed E-state index contributed by atoms with van der Waals surface area (Å²) in [5.41, 5.74) is 1.38. The van der Waals surface area contributed by atoms with Gasteiger partial charge < -0.3 is 9.32 Å². The van der Waals surface area contributed by atoms with Crippen LogP contribution in [0.1, 0.15) is 32.4 Å². The third-order valence-corrected chi connectivity index (χ3v) is 2.75. The van der Waals surface area contributed by atoms with Crippen molar-refractivity contribution in [3.8, 4) is 0 Å². The molecule has 1 aromatic rings. The maximum absolute atomic E-state index is 5.33. The third kappa shape index (κ3) is 1.23. The fraction of sp³-hybridized carbons (Fsp3) is 0.700. The molecule has 0 fully saturated rings. The Labute approximate surface area is 78.8 Å². The molecule has 2 heterocycles. The van der Waals surface area contributed by atoms with E-state index in [1.165, 1.54) is 0 Å². The lowest BCUT2D eigenvalue weighted by molar-refractivity contribution is 0.329. The molecule has 3 nitrogen and oxygen atoms in total. The molecule has 1 atom stereocenters. The van der Waals surface area contributed by atoms with Crippen LogP contribution in [-0.2, 0) is 0 Å². The molecule has 1 aromatic heterocycles. The summed E-state index contributed by atoms with van der Waals surface area (Å²) < 4.78 is 5.33. The van der Waals surface area contributed by atoms with Gasteiger partial charge in [0, 0.05) is 19.5 Å². The molecule has 0 radical (unpaired) electrons. The van der Waals surface area contributed by atoms with E-state index in [1.54, 1.807) is 6.39 Å². The molecule has 13 heavy (non-hydrogen) atoms. The van der Waals surface area contributed by atoms with Crippen molar-refractivity contribution in [2.45, 2.75) is 26.7 Å². The molecule has 0 aliphatic carbocycles. The van der Waals surface area contributed by atoms with E-state index in [-0.39, 0.29) is 5.41 Å². The maximum atomic E-state index is 5.33. The molecular weight excluding hydrogens is 164 g/mol. The average Bonchev–Trinajstić information content (AvgIpc) is 2.51. The van der Waals surface area contributed by atoms with Crippen LogP contribution in [0.4, 0.5) is 5.88 Å². The molecule has 0 bridgehead atoms. The van der Waals surface area contributed by atoms with Crippen molar-refractivity contribution in [1.29, 1.82) is 0 Å². The topological polar surface area (TPSA) is 29.3 Å². The van der Waals surface area contributed by atoms with Gasteiger partial charge in [-0.05, 0) is 5.41 Å². The molecule has 0 saturated heterocycles.